The second kappa shape index (κ2) is 8.33. The number of nitrogens with one attached hydrogen (secondary N) is 1. The van der Waals surface area contributed by atoms with Gasteiger partial charge in [-0.2, -0.15) is 0 Å². The fourth-order valence-electron chi connectivity index (χ4n) is 1.82. The molecule has 0 bridgehead atoms. The fraction of sp³-hybridized carbons (Fsp3) is 0.500. The van der Waals surface area contributed by atoms with Gasteiger partial charge in [-0.15, -0.1) is 0 Å². The first-order valence-electron chi connectivity index (χ1n) is 6.95. The highest BCUT2D eigenvalue weighted by atomic mass is 35.5. The molecule has 1 aromatic carbocycles. The smallest absolute Gasteiger partial charge is 0.232 e. The van der Waals surface area contributed by atoms with Gasteiger partial charge in [0.1, 0.15) is 5.82 Å². The zero-order valence-corrected chi connectivity index (χ0v) is 14.2. The Hall–Kier alpha value is -1.34. The molecule has 0 saturated heterocycles. The van der Waals surface area contributed by atoms with Crippen molar-refractivity contribution in [3.05, 3.63) is 29.0 Å². The molecule has 0 saturated carbocycles. The van der Waals surface area contributed by atoms with E-state index in [4.69, 9.17) is 11.6 Å². The van der Waals surface area contributed by atoms with Gasteiger partial charge in [0.05, 0.1) is 17.0 Å². The molecule has 124 valence electrons. The highest BCUT2D eigenvalue weighted by Gasteiger charge is 2.19. The average molecular weight is 351 g/mol. The van der Waals surface area contributed by atoms with Crippen LogP contribution in [0.2, 0.25) is 5.02 Å². The van der Waals surface area contributed by atoms with Crippen LogP contribution in [0.5, 0.6) is 0 Å². The van der Waals surface area contributed by atoms with Gasteiger partial charge < -0.3 is 5.32 Å². The third kappa shape index (κ3) is 5.81. The number of rotatable bonds is 8. The average Bonchev–Trinajstić information content (AvgIpc) is 2.41. The van der Waals surface area contributed by atoms with E-state index in [0.717, 1.165) is 29.5 Å². The third-order valence-corrected chi connectivity index (χ3v) is 4.47. The van der Waals surface area contributed by atoms with Gasteiger partial charge in [-0.3, -0.25) is 9.10 Å². The Labute approximate surface area is 135 Å². The summed E-state index contributed by atoms with van der Waals surface area (Å²) in [5.74, 6) is -0.855. The molecule has 0 aliphatic rings. The van der Waals surface area contributed by atoms with E-state index in [1.165, 1.54) is 12.1 Å². The molecule has 1 rings (SSSR count). The standard InChI is InChI=1S/C14H20ClFN2O3S/c1-3-4-8-17-14(19)7-9-18(22(2,20)21)11-5-6-13(16)12(15)10-11/h5-6,10H,3-4,7-9H2,1-2H3,(H,17,19). The number of sulfonamides is 1. The summed E-state index contributed by atoms with van der Waals surface area (Å²) >= 11 is 5.68. The molecule has 0 radical (unpaired) electrons. The summed E-state index contributed by atoms with van der Waals surface area (Å²) in [7, 11) is -3.60. The van der Waals surface area contributed by atoms with Crippen molar-refractivity contribution in [3.63, 3.8) is 0 Å². The van der Waals surface area contributed by atoms with E-state index in [2.05, 4.69) is 5.32 Å². The number of unbranched alkanes of at least 4 members (excludes halogenated alkanes) is 1. The van der Waals surface area contributed by atoms with Gasteiger partial charge in [0.25, 0.3) is 0 Å². The zero-order chi connectivity index (χ0) is 16.8. The van der Waals surface area contributed by atoms with Crippen LogP contribution >= 0.6 is 11.6 Å². The normalized spacial score (nSPS) is 11.3. The SMILES string of the molecule is CCCCNC(=O)CCN(c1ccc(F)c(Cl)c1)S(C)(=O)=O. The van der Waals surface area contributed by atoms with Gasteiger partial charge >= 0.3 is 0 Å². The van der Waals surface area contributed by atoms with Crippen LogP contribution in [-0.2, 0) is 14.8 Å². The van der Waals surface area contributed by atoms with Crippen molar-refractivity contribution >= 4 is 33.2 Å². The van der Waals surface area contributed by atoms with E-state index in [-0.39, 0.29) is 29.6 Å². The van der Waals surface area contributed by atoms with Crippen molar-refractivity contribution < 1.29 is 17.6 Å². The minimum atomic E-state index is -3.60. The molecule has 1 N–H and O–H groups in total. The van der Waals surface area contributed by atoms with E-state index < -0.39 is 15.8 Å². The number of hydrogen-bond acceptors (Lipinski definition) is 3. The Balaban J connectivity index is 2.78. The van der Waals surface area contributed by atoms with E-state index >= 15 is 0 Å². The number of halogens is 2. The molecule has 0 aliphatic heterocycles. The summed E-state index contributed by atoms with van der Waals surface area (Å²) in [4.78, 5) is 11.7. The maximum absolute atomic E-state index is 13.2. The molecule has 0 fully saturated rings. The first-order chi connectivity index (χ1) is 10.3. The van der Waals surface area contributed by atoms with Crippen molar-refractivity contribution in [1.82, 2.24) is 5.32 Å². The molecule has 1 amide bonds. The van der Waals surface area contributed by atoms with Crippen LogP contribution in [0.3, 0.4) is 0 Å². The molecule has 0 aliphatic carbocycles. The van der Waals surface area contributed by atoms with Crippen LogP contribution in [0.4, 0.5) is 10.1 Å². The van der Waals surface area contributed by atoms with Gasteiger partial charge in [-0.1, -0.05) is 24.9 Å². The number of hydrogen-bond donors (Lipinski definition) is 1. The van der Waals surface area contributed by atoms with E-state index in [1.807, 2.05) is 6.92 Å². The predicted molar refractivity (Wildman–Crippen MR) is 86.1 cm³/mol. The highest BCUT2D eigenvalue weighted by molar-refractivity contribution is 7.92. The van der Waals surface area contributed by atoms with E-state index in [1.54, 1.807) is 0 Å². The minimum Gasteiger partial charge on any atom is -0.356 e. The highest BCUT2D eigenvalue weighted by Crippen LogP contribution is 2.24. The van der Waals surface area contributed by atoms with Crippen molar-refractivity contribution in [2.75, 3.05) is 23.7 Å². The monoisotopic (exact) mass is 350 g/mol. The largest absolute Gasteiger partial charge is 0.356 e. The quantitative estimate of drug-likeness (QED) is 0.733. The molecule has 0 heterocycles. The Morgan fingerprint density at radius 3 is 2.64 bits per heavy atom. The zero-order valence-electron chi connectivity index (χ0n) is 12.6. The molecule has 8 heteroatoms. The third-order valence-electron chi connectivity index (χ3n) is 2.99. The first kappa shape index (κ1) is 18.7. The summed E-state index contributed by atoms with van der Waals surface area (Å²) in [5.41, 5.74) is 0.232. The Kier molecular flexibility index (Phi) is 7.09. The van der Waals surface area contributed by atoms with Gasteiger partial charge in [0, 0.05) is 19.5 Å². The first-order valence-corrected chi connectivity index (χ1v) is 9.17. The maximum atomic E-state index is 13.2. The van der Waals surface area contributed by atoms with Crippen LogP contribution in [-0.4, -0.2) is 33.7 Å². The van der Waals surface area contributed by atoms with Crippen molar-refractivity contribution in [3.8, 4) is 0 Å². The number of carbonyl (C=O) groups excluding carboxylic acids is 1. The van der Waals surface area contributed by atoms with Gasteiger partial charge in [0.2, 0.25) is 15.9 Å². The van der Waals surface area contributed by atoms with E-state index in [0.29, 0.717) is 6.54 Å². The minimum absolute atomic E-state index is 0.0196. The Morgan fingerprint density at radius 1 is 1.41 bits per heavy atom. The van der Waals surface area contributed by atoms with Crippen LogP contribution < -0.4 is 9.62 Å². The van der Waals surface area contributed by atoms with Crippen molar-refractivity contribution in [1.29, 1.82) is 0 Å². The molecule has 0 spiro atoms. The molecule has 5 nitrogen and oxygen atoms in total. The lowest BCUT2D eigenvalue weighted by molar-refractivity contribution is -0.120. The lowest BCUT2D eigenvalue weighted by atomic mass is 10.3. The number of nitrogens with zero attached hydrogens (tertiary/aromatic N) is 1. The molecule has 22 heavy (non-hydrogen) atoms. The molecular weight excluding hydrogens is 331 g/mol. The van der Waals surface area contributed by atoms with Crippen molar-refractivity contribution in [2.45, 2.75) is 26.2 Å². The van der Waals surface area contributed by atoms with Crippen molar-refractivity contribution in [2.24, 2.45) is 0 Å². The Bertz CT molecular complexity index is 623. The molecule has 0 unspecified atom stereocenters. The number of benzene rings is 1. The summed E-state index contributed by atoms with van der Waals surface area (Å²) in [6.07, 6.45) is 2.88. The second-order valence-electron chi connectivity index (χ2n) is 4.89. The fourth-order valence-corrected chi connectivity index (χ4v) is 2.92. The van der Waals surface area contributed by atoms with Crippen LogP contribution in [0, 0.1) is 5.82 Å². The molecule has 0 atom stereocenters. The van der Waals surface area contributed by atoms with Gasteiger partial charge in [-0.25, -0.2) is 12.8 Å². The number of amides is 1. The Morgan fingerprint density at radius 2 is 2.09 bits per heavy atom. The summed E-state index contributed by atoms with van der Waals surface area (Å²) in [6, 6.07) is 3.64. The molecular formula is C14H20ClFN2O3S. The predicted octanol–water partition coefficient (Wildman–Crippen LogP) is 2.55. The lowest BCUT2D eigenvalue weighted by Gasteiger charge is -2.22. The lowest BCUT2D eigenvalue weighted by Crippen LogP contribution is -2.34. The second-order valence-corrected chi connectivity index (χ2v) is 7.20. The number of carbonyl (C=O) groups is 1. The van der Waals surface area contributed by atoms with Crippen LogP contribution in [0.25, 0.3) is 0 Å². The van der Waals surface area contributed by atoms with Crippen LogP contribution in [0.1, 0.15) is 26.2 Å². The molecule has 0 aromatic heterocycles. The van der Waals surface area contributed by atoms with Crippen LogP contribution in [0.15, 0.2) is 18.2 Å². The maximum Gasteiger partial charge on any atom is 0.232 e. The summed E-state index contributed by atoms with van der Waals surface area (Å²) in [5, 5.41) is 2.55. The summed E-state index contributed by atoms with van der Waals surface area (Å²) in [6.45, 7) is 2.55. The van der Waals surface area contributed by atoms with Gasteiger partial charge in [0.15, 0.2) is 0 Å². The van der Waals surface area contributed by atoms with E-state index in [9.17, 15) is 17.6 Å². The molecule has 1 aromatic rings. The number of anilines is 1. The summed E-state index contributed by atoms with van der Waals surface area (Å²) < 4.78 is 37.9. The van der Waals surface area contributed by atoms with Gasteiger partial charge in [-0.05, 0) is 24.6 Å². The topological polar surface area (TPSA) is 66.5 Å².